The number of likely N-dealkylation sites (tertiary alicyclic amines) is 1. The minimum Gasteiger partial charge on any atom is -0.475 e. The Hall–Kier alpha value is -4.39. The van der Waals surface area contributed by atoms with Gasteiger partial charge in [0.15, 0.2) is 5.82 Å². The number of imidazole rings is 1. The number of piperidine rings is 1. The average molecular weight is 586 g/mol. The molecule has 220 valence electrons. The summed E-state index contributed by atoms with van der Waals surface area (Å²) >= 11 is 0. The van der Waals surface area contributed by atoms with Crippen LogP contribution in [0.15, 0.2) is 67.1 Å². The number of carboxylic acid groups (broad SMARTS) is 1. The fourth-order valence-corrected chi connectivity index (χ4v) is 5.98. The molecule has 0 bridgehead atoms. The van der Waals surface area contributed by atoms with Gasteiger partial charge >= 0.3 is 12.1 Å². The molecule has 3 aromatic heterocycles. The highest BCUT2D eigenvalue weighted by atomic mass is 19.4. The Morgan fingerprint density at radius 3 is 2.31 bits per heavy atom. The van der Waals surface area contributed by atoms with E-state index in [2.05, 4.69) is 15.0 Å². The predicted octanol–water partition coefficient (Wildman–Crippen LogP) is 4.86. The molecule has 9 nitrogen and oxygen atoms in total. The van der Waals surface area contributed by atoms with Gasteiger partial charge in [-0.15, -0.1) is 0 Å². The number of carbonyl (C=O) groups excluding carboxylic acids is 1. The molecule has 42 heavy (non-hydrogen) atoms. The van der Waals surface area contributed by atoms with Crippen LogP contribution in [0.5, 0.6) is 0 Å². The number of carboxylic acids is 1. The molecule has 3 unspecified atom stereocenters. The molecule has 2 aliphatic rings. The Kier molecular flexibility index (Phi) is 7.95. The third-order valence-corrected chi connectivity index (χ3v) is 7.84. The molecule has 6 rings (SSSR count). The fraction of sp³-hybridized carbons (Fsp3) is 0.345. The van der Waals surface area contributed by atoms with E-state index in [9.17, 15) is 27.5 Å². The van der Waals surface area contributed by atoms with Crippen LogP contribution in [-0.4, -0.2) is 65.1 Å². The molecule has 1 aromatic carbocycles. The third-order valence-electron chi connectivity index (χ3n) is 7.84. The minimum atomic E-state index is -5.08. The Morgan fingerprint density at radius 2 is 1.64 bits per heavy atom. The predicted molar refractivity (Wildman–Crippen MR) is 142 cm³/mol. The van der Waals surface area contributed by atoms with Crippen molar-refractivity contribution in [2.45, 2.75) is 49.9 Å². The van der Waals surface area contributed by atoms with Gasteiger partial charge in [0.25, 0.3) is 5.91 Å². The first kappa shape index (κ1) is 29.1. The van der Waals surface area contributed by atoms with Crippen LogP contribution in [0, 0.1) is 11.7 Å². The van der Waals surface area contributed by atoms with Crippen molar-refractivity contribution in [1.29, 1.82) is 0 Å². The van der Waals surface area contributed by atoms with Crippen molar-refractivity contribution in [3.63, 3.8) is 0 Å². The Labute approximate surface area is 237 Å². The Balaban J connectivity index is 0.000000451. The number of rotatable bonds is 3. The molecule has 13 heteroatoms. The molecule has 1 aliphatic heterocycles. The summed E-state index contributed by atoms with van der Waals surface area (Å²) in [6.07, 6.45) is 3.82. The maximum Gasteiger partial charge on any atom is 0.490 e. The van der Waals surface area contributed by atoms with Gasteiger partial charge in [-0.3, -0.25) is 9.20 Å². The van der Waals surface area contributed by atoms with E-state index >= 15 is 0 Å². The van der Waals surface area contributed by atoms with Crippen molar-refractivity contribution in [2.75, 3.05) is 6.54 Å². The number of pyridine rings is 1. The van der Waals surface area contributed by atoms with Crippen LogP contribution in [0.3, 0.4) is 0 Å². The maximum absolute atomic E-state index is 14.9. The van der Waals surface area contributed by atoms with Crippen molar-refractivity contribution in [2.24, 2.45) is 5.92 Å². The summed E-state index contributed by atoms with van der Waals surface area (Å²) in [6, 6.07) is 14.2. The van der Waals surface area contributed by atoms with E-state index in [4.69, 9.17) is 9.90 Å². The molecule has 4 aromatic rings. The highest BCUT2D eigenvalue weighted by Crippen LogP contribution is 2.47. The van der Waals surface area contributed by atoms with Crippen LogP contribution in [-0.2, 0) is 10.4 Å². The van der Waals surface area contributed by atoms with E-state index in [1.165, 1.54) is 10.5 Å². The van der Waals surface area contributed by atoms with Gasteiger partial charge in [0, 0.05) is 37.1 Å². The summed E-state index contributed by atoms with van der Waals surface area (Å²) in [5.41, 5.74) is 0.346. The van der Waals surface area contributed by atoms with Crippen LogP contribution in [0.1, 0.15) is 48.3 Å². The molecule has 1 aliphatic carbocycles. The smallest absolute Gasteiger partial charge is 0.475 e. The van der Waals surface area contributed by atoms with E-state index in [1.54, 1.807) is 30.7 Å². The summed E-state index contributed by atoms with van der Waals surface area (Å²) in [7, 11) is 0. The summed E-state index contributed by atoms with van der Waals surface area (Å²) in [6.45, 7) is 0.396. The molecule has 2 fully saturated rings. The van der Waals surface area contributed by atoms with E-state index in [-0.39, 0.29) is 40.7 Å². The third kappa shape index (κ3) is 5.43. The molecule has 2 N–H and O–H groups in total. The molecule has 0 radical (unpaired) electrons. The SMILES string of the molecule is O=C(O)C(F)(F)F.O=C(c1nc(-c2ncccn2)c2c(F)cccn12)N1CCC(O)(c2ccccc2)C2CCCCC21. The van der Waals surface area contributed by atoms with Gasteiger partial charge in [-0.25, -0.2) is 24.1 Å². The number of aliphatic hydroxyl groups is 1. The quantitative estimate of drug-likeness (QED) is 0.330. The molecule has 0 spiro atoms. The normalized spacial score (nSPS) is 22.2. The molecule has 1 saturated carbocycles. The van der Waals surface area contributed by atoms with E-state index in [0.29, 0.717) is 13.0 Å². The molecular formula is C29H27F4N5O4. The molecule has 3 atom stereocenters. The first-order valence-corrected chi connectivity index (χ1v) is 13.4. The number of benzene rings is 1. The van der Waals surface area contributed by atoms with Gasteiger partial charge in [0.2, 0.25) is 5.82 Å². The van der Waals surface area contributed by atoms with Crippen LogP contribution in [0.25, 0.3) is 17.0 Å². The Bertz CT molecular complexity index is 1580. The lowest BCUT2D eigenvalue weighted by Gasteiger charge is -2.52. The zero-order valence-electron chi connectivity index (χ0n) is 22.2. The number of hydrogen-bond donors (Lipinski definition) is 2. The second kappa shape index (κ2) is 11.5. The summed E-state index contributed by atoms with van der Waals surface area (Å²) in [5.74, 6) is -3.18. The molecule has 1 saturated heterocycles. The standard InChI is InChI=1S/C27H26FN5O2.C2HF3O2/c28-20-11-6-16-33-23(20)22(24-29-14-7-15-30-24)31-25(33)26(34)32-17-13-27(35,18-8-2-1-3-9-18)19-10-4-5-12-21(19)32;3-2(4,5)1(6)7/h1-3,6-9,11,14-16,19,21,35H,4-5,10,12-13,17H2;(H,6,7). The summed E-state index contributed by atoms with van der Waals surface area (Å²) < 4.78 is 48.2. The lowest BCUT2D eigenvalue weighted by atomic mass is 9.66. The highest BCUT2D eigenvalue weighted by Gasteiger charge is 2.50. The number of alkyl halides is 3. The number of aromatic nitrogens is 4. The second-order valence-electron chi connectivity index (χ2n) is 10.2. The van der Waals surface area contributed by atoms with Gasteiger partial charge in [-0.05, 0) is 43.0 Å². The molecule has 4 heterocycles. The van der Waals surface area contributed by atoms with Gasteiger partial charge in [0.1, 0.15) is 17.0 Å². The second-order valence-corrected chi connectivity index (χ2v) is 10.2. The Morgan fingerprint density at radius 1 is 0.976 bits per heavy atom. The van der Waals surface area contributed by atoms with Crippen LogP contribution >= 0.6 is 0 Å². The lowest BCUT2D eigenvalue weighted by molar-refractivity contribution is -0.192. The van der Waals surface area contributed by atoms with Crippen molar-refractivity contribution < 1.29 is 37.4 Å². The van der Waals surface area contributed by atoms with Gasteiger partial charge < -0.3 is 15.1 Å². The summed E-state index contributed by atoms with van der Waals surface area (Å²) in [5, 5.41) is 19.0. The number of hydrogen-bond acceptors (Lipinski definition) is 6. The number of aliphatic carboxylic acids is 1. The van der Waals surface area contributed by atoms with Gasteiger partial charge in [0.05, 0.1) is 5.60 Å². The van der Waals surface area contributed by atoms with Gasteiger partial charge in [-0.2, -0.15) is 13.2 Å². The largest absolute Gasteiger partial charge is 0.490 e. The van der Waals surface area contributed by atoms with Crippen molar-refractivity contribution >= 4 is 17.4 Å². The number of halogens is 4. The van der Waals surface area contributed by atoms with Crippen molar-refractivity contribution in [3.05, 3.63) is 84.3 Å². The zero-order chi connectivity index (χ0) is 30.1. The van der Waals surface area contributed by atoms with Crippen molar-refractivity contribution in [1.82, 2.24) is 24.3 Å². The first-order chi connectivity index (χ1) is 20.0. The number of nitrogens with zero attached hydrogens (tertiary/aromatic N) is 5. The topological polar surface area (TPSA) is 121 Å². The van der Waals surface area contributed by atoms with Crippen LogP contribution < -0.4 is 0 Å². The molecular weight excluding hydrogens is 558 g/mol. The van der Waals surface area contributed by atoms with Crippen molar-refractivity contribution in [3.8, 4) is 11.5 Å². The van der Waals surface area contributed by atoms with Crippen LogP contribution in [0.4, 0.5) is 17.6 Å². The minimum absolute atomic E-state index is 0.0729. The number of fused-ring (bicyclic) bond motifs is 2. The number of carbonyl (C=O) groups is 2. The van der Waals surface area contributed by atoms with E-state index < -0.39 is 23.6 Å². The van der Waals surface area contributed by atoms with Crippen LogP contribution in [0.2, 0.25) is 0 Å². The lowest BCUT2D eigenvalue weighted by Crippen LogP contribution is -2.59. The number of amides is 1. The zero-order valence-corrected chi connectivity index (χ0v) is 22.2. The highest BCUT2D eigenvalue weighted by molar-refractivity contribution is 5.94. The monoisotopic (exact) mass is 585 g/mol. The summed E-state index contributed by atoms with van der Waals surface area (Å²) in [4.78, 5) is 37.7. The first-order valence-electron chi connectivity index (χ1n) is 13.4. The molecule has 1 amide bonds. The van der Waals surface area contributed by atoms with Gasteiger partial charge in [-0.1, -0.05) is 43.2 Å². The average Bonchev–Trinajstić information content (AvgIpc) is 3.39. The fourth-order valence-electron chi connectivity index (χ4n) is 5.98. The maximum atomic E-state index is 14.9. The van der Waals surface area contributed by atoms with E-state index in [0.717, 1.165) is 31.2 Å². The van der Waals surface area contributed by atoms with E-state index in [1.807, 2.05) is 35.2 Å².